The zero-order valence-electron chi connectivity index (χ0n) is 18.8. The Bertz CT molecular complexity index is 1620. The van der Waals surface area contributed by atoms with Crippen molar-refractivity contribution in [3.8, 4) is 22.9 Å². The monoisotopic (exact) mass is 541 g/mol. The van der Waals surface area contributed by atoms with Gasteiger partial charge in [-0.3, -0.25) is 14.2 Å². The third-order valence-electron chi connectivity index (χ3n) is 5.46. The van der Waals surface area contributed by atoms with Gasteiger partial charge >= 0.3 is 0 Å². The van der Waals surface area contributed by atoms with Crippen molar-refractivity contribution < 1.29 is 26.9 Å². The molecule has 1 aliphatic heterocycles. The Morgan fingerprint density at radius 3 is 2.69 bits per heavy atom. The van der Waals surface area contributed by atoms with Crippen LogP contribution < -0.4 is 4.74 Å². The van der Waals surface area contributed by atoms with E-state index in [2.05, 4.69) is 0 Å². The topological polar surface area (TPSA) is 115 Å². The predicted octanol–water partition coefficient (Wildman–Crippen LogP) is 4.38. The number of fused-ring (bicyclic) bond motifs is 1. The molecule has 184 valence electrons. The minimum absolute atomic E-state index is 0.209. The molecule has 1 N–H and O–H groups in total. The summed E-state index contributed by atoms with van der Waals surface area (Å²) >= 11 is 6.33. The summed E-state index contributed by atoms with van der Waals surface area (Å²) in [6.07, 6.45) is 3.43. The van der Waals surface area contributed by atoms with Gasteiger partial charge in [0.05, 0.1) is 23.5 Å². The second kappa shape index (κ2) is 9.54. The van der Waals surface area contributed by atoms with Crippen LogP contribution in [0.4, 0.5) is 0 Å². The van der Waals surface area contributed by atoms with Gasteiger partial charge in [-0.2, -0.15) is 13.5 Å². The maximum absolute atomic E-state index is 13.0. The van der Waals surface area contributed by atoms with Crippen LogP contribution in [0.25, 0.3) is 34.2 Å². The SMILES string of the molecule is COc1cccc2cc(-c3nn(-c4ccccc4)cc3/C=C3\SC(=S)N(CCS(=O)(=O)O)C3=O)oc12. The molecule has 0 saturated carbocycles. The average Bonchev–Trinajstić information content (AvgIpc) is 3.53. The first-order chi connectivity index (χ1) is 17.2. The number of carbonyl (C=O) groups is 1. The zero-order valence-corrected chi connectivity index (χ0v) is 21.3. The van der Waals surface area contributed by atoms with Gasteiger partial charge in [0.25, 0.3) is 16.0 Å². The highest BCUT2D eigenvalue weighted by atomic mass is 32.2. The van der Waals surface area contributed by atoms with E-state index < -0.39 is 21.8 Å². The number of benzene rings is 2. The van der Waals surface area contributed by atoms with E-state index in [1.165, 1.54) is 0 Å². The highest BCUT2D eigenvalue weighted by Crippen LogP contribution is 2.37. The molecule has 0 aliphatic carbocycles. The van der Waals surface area contributed by atoms with Crippen LogP contribution in [0, 0.1) is 0 Å². The summed E-state index contributed by atoms with van der Waals surface area (Å²) in [5.41, 5.74) is 2.49. The van der Waals surface area contributed by atoms with Gasteiger partial charge in [-0.15, -0.1) is 0 Å². The van der Waals surface area contributed by atoms with Crippen molar-refractivity contribution in [3.63, 3.8) is 0 Å². The normalized spacial score (nSPS) is 15.4. The zero-order chi connectivity index (χ0) is 25.4. The van der Waals surface area contributed by atoms with E-state index in [0.29, 0.717) is 33.3 Å². The lowest BCUT2D eigenvalue weighted by Crippen LogP contribution is -2.32. The second-order valence-electron chi connectivity index (χ2n) is 7.82. The van der Waals surface area contributed by atoms with E-state index in [9.17, 15) is 13.2 Å². The van der Waals surface area contributed by atoms with E-state index in [1.807, 2.05) is 48.5 Å². The van der Waals surface area contributed by atoms with Crippen LogP contribution in [0.1, 0.15) is 5.56 Å². The fourth-order valence-corrected chi connectivity index (χ4v) is 5.46. The molecule has 12 heteroatoms. The van der Waals surface area contributed by atoms with Gasteiger partial charge < -0.3 is 9.15 Å². The summed E-state index contributed by atoms with van der Waals surface area (Å²) in [5.74, 6) is 0.0168. The molecule has 1 fully saturated rings. The number of aromatic nitrogens is 2. The number of carbonyl (C=O) groups excluding carboxylic acids is 1. The lowest BCUT2D eigenvalue weighted by Gasteiger charge is -2.12. The van der Waals surface area contributed by atoms with Gasteiger partial charge in [0.2, 0.25) is 0 Å². The number of amides is 1. The summed E-state index contributed by atoms with van der Waals surface area (Å²) in [4.78, 5) is 14.5. The Labute approximate surface area is 216 Å². The predicted molar refractivity (Wildman–Crippen MR) is 142 cm³/mol. The molecule has 0 bridgehead atoms. The maximum Gasteiger partial charge on any atom is 0.266 e. The summed E-state index contributed by atoms with van der Waals surface area (Å²) in [6.45, 7) is -0.236. The molecule has 0 radical (unpaired) electrons. The Hall–Kier alpha value is -3.45. The molecule has 1 amide bonds. The lowest BCUT2D eigenvalue weighted by atomic mass is 10.1. The Kier molecular flexibility index (Phi) is 6.43. The second-order valence-corrected chi connectivity index (χ2v) is 11.1. The minimum atomic E-state index is -4.24. The third-order valence-corrected chi connectivity index (χ3v) is 7.53. The average molecular weight is 542 g/mol. The first-order valence-electron chi connectivity index (χ1n) is 10.7. The number of thioether (sulfide) groups is 1. The van der Waals surface area contributed by atoms with Gasteiger partial charge in [-0.1, -0.05) is 54.3 Å². The Balaban J connectivity index is 1.58. The van der Waals surface area contributed by atoms with Crippen molar-refractivity contribution in [1.82, 2.24) is 14.7 Å². The van der Waals surface area contributed by atoms with Crippen LogP contribution >= 0.6 is 24.0 Å². The van der Waals surface area contributed by atoms with Crippen molar-refractivity contribution in [2.75, 3.05) is 19.4 Å². The van der Waals surface area contributed by atoms with Crippen LogP contribution in [-0.4, -0.2) is 57.3 Å². The quantitative estimate of drug-likeness (QED) is 0.207. The summed E-state index contributed by atoms with van der Waals surface area (Å²) < 4.78 is 44.8. The molecule has 2 aromatic carbocycles. The Morgan fingerprint density at radius 2 is 1.97 bits per heavy atom. The van der Waals surface area contributed by atoms with Gasteiger partial charge in [-0.05, 0) is 30.3 Å². The van der Waals surface area contributed by atoms with Gasteiger partial charge in [0.1, 0.15) is 10.0 Å². The van der Waals surface area contributed by atoms with Gasteiger partial charge in [0, 0.05) is 23.7 Å². The molecule has 0 unspecified atom stereocenters. The van der Waals surface area contributed by atoms with Crippen LogP contribution in [0.15, 0.2) is 70.1 Å². The van der Waals surface area contributed by atoms with Crippen LogP contribution in [0.3, 0.4) is 0 Å². The fraction of sp³-hybridized carbons (Fsp3) is 0.125. The standard InChI is InChI=1S/C24H19N3O6S3/c1-32-18-9-5-6-15-12-19(33-22(15)18)21-16(14-27(25-21)17-7-3-2-4-8-17)13-20-23(28)26(24(34)35-20)10-11-36(29,30)31/h2-9,12-14H,10-11H2,1H3,(H,29,30,31)/b20-13-. The number of nitrogens with zero attached hydrogens (tertiary/aromatic N) is 3. The molecule has 36 heavy (non-hydrogen) atoms. The van der Waals surface area contributed by atoms with Crippen molar-refractivity contribution >= 4 is 61.4 Å². The molecule has 4 aromatic rings. The molecule has 3 heterocycles. The van der Waals surface area contributed by atoms with Gasteiger partial charge in [-0.25, -0.2) is 4.68 Å². The van der Waals surface area contributed by atoms with E-state index in [4.69, 9.17) is 31.0 Å². The van der Waals surface area contributed by atoms with Crippen molar-refractivity contribution in [2.45, 2.75) is 0 Å². The van der Waals surface area contributed by atoms with Crippen molar-refractivity contribution in [2.24, 2.45) is 0 Å². The van der Waals surface area contributed by atoms with Crippen LogP contribution in [0.5, 0.6) is 5.75 Å². The molecular weight excluding hydrogens is 522 g/mol. The number of rotatable bonds is 7. The van der Waals surface area contributed by atoms with E-state index in [0.717, 1.165) is 27.7 Å². The number of methoxy groups -OCH3 is 1. The first kappa shape index (κ1) is 24.3. The molecule has 9 nitrogen and oxygen atoms in total. The fourth-order valence-electron chi connectivity index (χ4n) is 3.75. The summed E-state index contributed by atoms with van der Waals surface area (Å²) in [7, 11) is -2.68. The number of thiocarbonyl (C=S) groups is 1. The maximum atomic E-state index is 13.0. The smallest absolute Gasteiger partial charge is 0.266 e. The summed E-state index contributed by atoms with van der Waals surface area (Å²) in [5, 5.41) is 5.57. The molecule has 0 spiro atoms. The highest BCUT2D eigenvalue weighted by Gasteiger charge is 2.33. The molecule has 1 saturated heterocycles. The molecular formula is C24H19N3O6S3. The van der Waals surface area contributed by atoms with Crippen LogP contribution in [-0.2, 0) is 14.9 Å². The van der Waals surface area contributed by atoms with E-state index in [-0.39, 0.29) is 10.9 Å². The van der Waals surface area contributed by atoms with E-state index >= 15 is 0 Å². The van der Waals surface area contributed by atoms with Crippen LogP contribution in [0.2, 0.25) is 0 Å². The number of hydrogen-bond donors (Lipinski definition) is 1. The summed E-state index contributed by atoms with van der Waals surface area (Å²) in [6, 6.07) is 16.9. The molecule has 5 rings (SSSR count). The molecule has 1 aliphatic rings. The van der Waals surface area contributed by atoms with E-state index in [1.54, 1.807) is 30.1 Å². The number of hydrogen-bond acceptors (Lipinski definition) is 8. The number of para-hydroxylation sites is 2. The first-order valence-corrected chi connectivity index (χ1v) is 13.5. The number of furan rings is 1. The minimum Gasteiger partial charge on any atom is -0.493 e. The van der Waals surface area contributed by atoms with Gasteiger partial charge in [0.15, 0.2) is 17.1 Å². The largest absolute Gasteiger partial charge is 0.493 e. The molecule has 0 atom stereocenters. The third kappa shape index (κ3) is 4.80. The van der Waals surface area contributed by atoms with Crippen molar-refractivity contribution in [3.05, 3.63) is 71.3 Å². The van der Waals surface area contributed by atoms with Crippen molar-refractivity contribution in [1.29, 1.82) is 0 Å². The Morgan fingerprint density at radius 1 is 1.19 bits per heavy atom. The molecule has 2 aromatic heterocycles. The highest BCUT2D eigenvalue weighted by molar-refractivity contribution is 8.26. The number of ether oxygens (including phenoxy) is 1. The lowest BCUT2D eigenvalue weighted by molar-refractivity contribution is -0.121.